The number of aromatic nitrogens is 2. The van der Waals surface area contributed by atoms with E-state index in [9.17, 15) is 8.42 Å². The summed E-state index contributed by atoms with van der Waals surface area (Å²) in [5.41, 5.74) is 4.45. The van der Waals surface area contributed by atoms with Crippen molar-refractivity contribution in [1.82, 2.24) is 14.3 Å². The van der Waals surface area contributed by atoms with Gasteiger partial charge in [-0.15, -0.1) is 0 Å². The Morgan fingerprint density at radius 3 is 2.43 bits per heavy atom. The van der Waals surface area contributed by atoms with Crippen molar-refractivity contribution in [1.29, 1.82) is 0 Å². The largest absolute Gasteiger partial charge is 0.299 e. The van der Waals surface area contributed by atoms with Crippen LogP contribution in [0, 0.1) is 0 Å². The standard InChI is InChI=1S/C22H25N3O2S/c1-2-17-12-14-19(15-13-17)28(26,27)23-16-22-24-20-10-6-7-11-21(20)25(22)18-8-4-3-5-9-18/h3-5,8-9,12-15,23H,2,6-7,10-11,16H2,1H3. The molecule has 4 rings (SSSR count). The summed E-state index contributed by atoms with van der Waals surface area (Å²) < 4.78 is 30.4. The molecule has 6 heteroatoms. The molecule has 1 heterocycles. The number of imidazole rings is 1. The van der Waals surface area contributed by atoms with E-state index in [2.05, 4.69) is 9.29 Å². The Labute approximate surface area is 166 Å². The van der Waals surface area contributed by atoms with Crippen molar-refractivity contribution in [2.24, 2.45) is 0 Å². The van der Waals surface area contributed by atoms with Crippen molar-refractivity contribution in [3.63, 3.8) is 0 Å². The van der Waals surface area contributed by atoms with E-state index in [1.54, 1.807) is 12.1 Å². The van der Waals surface area contributed by atoms with Gasteiger partial charge in [0.15, 0.2) is 0 Å². The molecule has 146 valence electrons. The number of benzene rings is 2. The van der Waals surface area contributed by atoms with E-state index in [-0.39, 0.29) is 11.4 Å². The number of hydrogen-bond donors (Lipinski definition) is 1. The molecule has 1 N–H and O–H groups in total. The highest BCUT2D eigenvalue weighted by atomic mass is 32.2. The molecule has 5 nitrogen and oxygen atoms in total. The molecule has 0 atom stereocenters. The number of rotatable bonds is 6. The molecule has 1 aliphatic carbocycles. The molecule has 0 spiro atoms. The fraction of sp³-hybridized carbons (Fsp3) is 0.318. The Hall–Kier alpha value is -2.44. The highest BCUT2D eigenvalue weighted by molar-refractivity contribution is 7.89. The van der Waals surface area contributed by atoms with Gasteiger partial charge >= 0.3 is 0 Å². The molecule has 1 aliphatic rings. The minimum Gasteiger partial charge on any atom is -0.299 e. The summed E-state index contributed by atoms with van der Waals surface area (Å²) in [4.78, 5) is 5.07. The second-order valence-corrected chi connectivity index (χ2v) is 8.89. The van der Waals surface area contributed by atoms with Crippen molar-refractivity contribution in [3.05, 3.63) is 77.4 Å². The maximum atomic E-state index is 12.7. The Balaban J connectivity index is 1.63. The molecular weight excluding hydrogens is 370 g/mol. The van der Waals surface area contributed by atoms with E-state index in [0.717, 1.165) is 54.9 Å². The summed E-state index contributed by atoms with van der Waals surface area (Å²) in [7, 11) is -3.59. The van der Waals surface area contributed by atoms with Crippen molar-refractivity contribution < 1.29 is 8.42 Å². The van der Waals surface area contributed by atoms with E-state index in [0.29, 0.717) is 0 Å². The zero-order valence-electron chi connectivity index (χ0n) is 16.1. The SMILES string of the molecule is CCc1ccc(S(=O)(=O)NCc2nc3c(n2-c2ccccc2)CCCC3)cc1. The summed E-state index contributed by atoms with van der Waals surface area (Å²) in [5, 5.41) is 0. The van der Waals surface area contributed by atoms with Gasteiger partial charge in [-0.05, 0) is 61.9 Å². The van der Waals surface area contributed by atoms with Gasteiger partial charge in [0.25, 0.3) is 0 Å². The van der Waals surface area contributed by atoms with Gasteiger partial charge in [0.1, 0.15) is 5.82 Å². The number of nitrogens with zero attached hydrogens (tertiary/aromatic N) is 2. The minimum absolute atomic E-state index is 0.166. The molecule has 0 bridgehead atoms. The first kappa shape index (κ1) is 18.9. The molecule has 3 aromatic rings. The van der Waals surface area contributed by atoms with Crippen LogP contribution in [0.4, 0.5) is 0 Å². The number of aryl methyl sites for hydroxylation is 2. The molecule has 0 fully saturated rings. The lowest BCUT2D eigenvalue weighted by Gasteiger charge is -2.15. The first-order valence-electron chi connectivity index (χ1n) is 9.82. The molecule has 0 saturated carbocycles. The maximum Gasteiger partial charge on any atom is 0.240 e. The maximum absolute atomic E-state index is 12.7. The van der Waals surface area contributed by atoms with Gasteiger partial charge in [-0.2, -0.15) is 0 Å². The average molecular weight is 396 g/mol. The topological polar surface area (TPSA) is 64.0 Å². The zero-order valence-corrected chi connectivity index (χ0v) is 16.9. The number of fused-ring (bicyclic) bond motifs is 1. The second kappa shape index (κ2) is 7.89. The molecule has 2 aromatic carbocycles. The molecule has 0 saturated heterocycles. The molecule has 0 aliphatic heterocycles. The van der Waals surface area contributed by atoms with E-state index >= 15 is 0 Å². The summed E-state index contributed by atoms with van der Waals surface area (Å²) in [6.45, 7) is 2.21. The summed E-state index contributed by atoms with van der Waals surface area (Å²) in [6, 6.07) is 17.1. The highest BCUT2D eigenvalue weighted by Gasteiger charge is 2.22. The molecule has 28 heavy (non-hydrogen) atoms. The Morgan fingerprint density at radius 1 is 1.00 bits per heavy atom. The summed E-state index contributed by atoms with van der Waals surface area (Å²) in [5.74, 6) is 0.742. The van der Waals surface area contributed by atoms with Gasteiger partial charge in [0.2, 0.25) is 10.0 Å². The quantitative estimate of drug-likeness (QED) is 0.691. The van der Waals surface area contributed by atoms with Crippen molar-refractivity contribution in [3.8, 4) is 5.69 Å². The third-order valence-electron chi connectivity index (χ3n) is 5.28. The number of sulfonamides is 1. The van der Waals surface area contributed by atoms with Gasteiger partial charge in [-0.1, -0.05) is 37.3 Å². The monoisotopic (exact) mass is 395 g/mol. The predicted molar refractivity (Wildman–Crippen MR) is 110 cm³/mol. The average Bonchev–Trinajstić information content (AvgIpc) is 3.11. The van der Waals surface area contributed by atoms with Crippen LogP contribution in [0.1, 0.15) is 42.5 Å². The first-order valence-corrected chi connectivity index (χ1v) is 11.3. The van der Waals surface area contributed by atoms with Crippen molar-refractivity contribution in [2.75, 3.05) is 0 Å². The lowest BCUT2D eigenvalue weighted by atomic mass is 10.0. The second-order valence-electron chi connectivity index (χ2n) is 7.12. The smallest absolute Gasteiger partial charge is 0.240 e. The van der Waals surface area contributed by atoms with Crippen LogP contribution in [0.2, 0.25) is 0 Å². The van der Waals surface area contributed by atoms with Crippen LogP contribution < -0.4 is 4.72 Å². The third-order valence-corrected chi connectivity index (χ3v) is 6.70. The van der Waals surface area contributed by atoms with Crippen LogP contribution >= 0.6 is 0 Å². The molecule has 0 radical (unpaired) electrons. The summed E-state index contributed by atoms with van der Waals surface area (Å²) in [6.07, 6.45) is 5.08. The van der Waals surface area contributed by atoms with E-state index < -0.39 is 10.0 Å². The zero-order chi connectivity index (χ0) is 19.6. The molecule has 1 aromatic heterocycles. The number of para-hydroxylation sites is 1. The fourth-order valence-corrected chi connectivity index (χ4v) is 4.72. The van der Waals surface area contributed by atoms with Crippen LogP contribution in [-0.4, -0.2) is 18.0 Å². The molecular formula is C22H25N3O2S. The van der Waals surface area contributed by atoms with E-state index in [4.69, 9.17) is 4.98 Å². The van der Waals surface area contributed by atoms with Crippen molar-refractivity contribution >= 4 is 10.0 Å². The van der Waals surface area contributed by atoms with Crippen LogP contribution in [0.15, 0.2) is 59.5 Å². The highest BCUT2D eigenvalue weighted by Crippen LogP contribution is 2.26. The molecule has 0 amide bonds. The molecule has 0 unspecified atom stereocenters. The summed E-state index contributed by atoms with van der Waals surface area (Å²) >= 11 is 0. The fourth-order valence-electron chi connectivity index (χ4n) is 3.74. The Bertz CT molecular complexity index is 1060. The van der Waals surface area contributed by atoms with Gasteiger partial charge in [-0.25, -0.2) is 18.1 Å². The van der Waals surface area contributed by atoms with Crippen molar-refractivity contribution in [2.45, 2.75) is 50.5 Å². The Morgan fingerprint density at radius 2 is 1.71 bits per heavy atom. The van der Waals surface area contributed by atoms with Crippen LogP contribution in [0.25, 0.3) is 5.69 Å². The van der Waals surface area contributed by atoms with E-state index in [1.807, 2.05) is 49.4 Å². The lowest BCUT2D eigenvalue weighted by molar-refractivity contribution is 0.578. The number of nitrogens with one attached hydrogen (secondary N) is 1. The minimum atomic E-state index is -3.59. The third kappa shape index (κ3) is 3.75. The van der Waals surface area contributed by atoms with Crippen LogP contribution in [0.5, 0.6) is 0 Å². The first-order chi connectivity index (χ1) is 13.6. The Kier molecular flexibility index (Phi) is 5.33. The van der Waals surface area contributed by atoms with Gasteiger partial charge in [-0.3, -0.25) is 4.57 Å². The van der Waals surface area contributed by atoms with Gasteiger partial charge in [0, 0.05) is 11.4 Å². The lowest BCUT2D eigenvalue weighted by Crippen LogP contribution is -2.25. The van der Waals surface area contributed by atoms with E-state index in [1.165, 1.54) is 5.69 Å². The number of hydrogen-bond acceptors (Lipinski definition) is 3. The normalized spacial score (nSPS) is 14.0. The van der Waals surface area contributed by atoms with Crippen LogP contribution in [0.3, 0.4) is 0 Å². The van der Waals surface area contributed by atoms with Gasteiger partial charge in [0.05, 0.1) is 17.1 Å². The van der Waals surface area contributed by atoms with Crippen LogP contribution in [-0.2, 0) is 35.8 Å². The predicted octanol–water partition coefficient (Wildman–Crippen LogP) is 3.79. The van der Waals surface area contributed by atoms with Gasteiger partial charge < -0.3 is 0 Å².